The van der Waals surface area contributed by atoms with Crippen LogP contribution in [0.15, 0.2) is 36.4 Å². The van der Waals surface area contributed by atoms with Crippen molar-refractivity contribution in [2.45, 2.75) is 13.8 Å². The molecule has 1 aromatic heterocycles. The SMILES string of the molecule is Cc1cccc(C)c1NC(=O)CN(C)c1cccc(C#N)n1. The molecule has 5 heteroatoms. The lowest BCUT2D eigenvalue weighted by Gasteiger charge is -2.18. The number of pyridine rings is 1. The minimum atomic E-state index is -0.121. The van der Waals surface area contributed by atoms with Gasteiger partial charge in [-0.05, 0) is 37.1 Å². The van der Waals surface area contributed by atoms with E-state index in [9.17, 15) is 4.79 Å². The molecule has 2 aromatic rings. The van der Waals surface area contributed by atoms with Gasteiger partial charge in [-0.1, -0.05) is 24.3 Å². The van der Waals surface area contributed by atoms with Crippen molar-refractivity contribution in [2.75, 3.05) is 23.8 Å². The van der Waals surface area contributed by atoms with Crippen molar-refractivity contribution < 1.29 is 4.79 Å². The zero-order valence-electron chi connectivity index (χ0n) is 12.9. The van der Waals surface area contributed by atoms with E-state index in [1.807, 2.05) is 38.1 Å². The fraction of sp³-hybridized carbons (Fsp3) is 0.235. The van der Waals surface area contributed by atoms with Gasteiger partial charge in [-0.15, -0.1) is 0 Å². The molecule has 0 fully saturated rings. The first-order valence-electron chi connectivity index (χ1n) is 6.95. The average molecular weight is 294 g/mol. The number of nitrogens with zero attached hydrogens (tertiary/aromatic N) is 3. The lowest BCUT2D eigenvalue weighted by Crippen LogP contribution is -2.31. The number of hydrogen-bond donors (Lipinski definition) is 1. The summed E-state index contributed by atoms with van der Waals surface area (Å²) in [7, 11) is 1.77. The van der Waals surface area contributed by atoms with Crippen molar-refractivity contribution in [3.63, 3.8) is 0 Å². The van der Waals surface area contributed by atoms with E-state index in [4.69, 9.17) is 5.26 Å². The monoisotopic (exact) mass is 294 g/mol. The van der Waals surface area contributed by atoms with Gasteiger partial charge >= 0.3 is 0 Å². The molecular weight excluding hydrogens is 276 g/mol. The largest absolute Gasteiger partial charge is 0.350 e. The number of anilines is 2. The third-order valence-corrected chi connectivity index (χ3v) is 3.37. The van der Waals surface area contributed by atoms with Gasteiger partial charge < -0.3 is 10.2 Å². The van der Waals surface area contributed by atoms with E-state index in [1.165, 1.54) is 0 Å². The van der Waals surface area contributed by atoms with E-state index >= 15 is 0 Å². The van der Waals surface area contributed by atoms with Gasteiger partial charge in [0.15, 0.2) is 0 Å². The van der Waals surface area contributed by atoms with Gasteiger partial charge in [-0.3, -0.25) is 4.79 Å². The Morgan fingerprint density at radius 1 is 1.23 bits per heavy atom. The predicted octanol–water partition coefficient (Wildman–Crippen LogP) is 2.65. The zero-order valence-corrected chi connectivity index (χ0v) is 12.9. The highest BCUT2D eigenvalue weighted by molar-refractivity contribution is 5.95. The molecule has 0 radical (unpaired) electrons. The molecule has 0 unspecified atom stereocenters. The van der Waals surface area contributed by atoms with Gasteiger partial charge in [0.05, 0.1) is 6.54 Å². The Morgan fingerprint density at radius 2 is 1.86 bits per heavy atom. The molecule has 0 saturated heterocycles. The van der Waals surface area contributed by atoms with E-state index in [0.717, 1.165) is 16.8 Å². The van der Waals surface area contributed by atoms with Crippen LogP contribution in [0.25, 0.3) is 0 Å². The van der Waals surface area contributed by atoms with Gasteiger partial charge in [-0.2, -0.15) is 5.26 Å². The number of hydrogen-bond acceptors (Lipinski definition) is 4. The molecule has 1 aromatic carbocycles. The molecule has 0 aliphatic rings. The summed E-state index contributed by atoms with van der Waals surface area (Å²) in [4.78, 5) is 18.1. The Bertz CT molecular complexity index is 713. The summed E-state index contributed by atoms with van der Waals surface area (Å²) >= 11 is 0. The average Bonchev–Trinajstić information content (AvgIpc) is 2.51. The summed E-state index contributed by atoms with van der Waals surface area (Å²) in [6.07, 6.45) is 0. The van der Waals surface area contributed by atoms with Gasteiger partial charge in [0.2, 0.25) is 5.91 Å². The first kappa shape index (κ1) is 15.5. The highest BCUT2D eigenvalue weighted by Gasteiger charge is 2.11. The van der Waals surface area contributed by atoms with Crippen molar-refractivity contribution in [3.05, 3.63) is 53.2 Å². The lowest BCUT2D eigenvalue weighted by atomic mass is 10.1. The summed E-state index contributed by atoms with van der Waals surface area (Å²) in [5, 5.41) is 11.8. The minimum absolute atomic E-state index is 0.121. The smallest absolute Gasteiger partial charge is 0.243 e. The Hall–Kier alpha value is -2.87. The maximum Gasteiger partial charge on any atom is 0.243 e. The van der Waals surface area contributed by atoms with E-state index in [1.54, 1.807) is 30.1 Å². The third kappa shape index (κ3) is 3.61. The molecule has 1 heterocycles. The molecule has 1 N–H and O–H groups in total. The lowest BCUT2D eigenvalue weighted by molar-refractivity contribution is -0.114. The molecule has 5 nitrogen and oxygen atoms in total. The fourth-order valence-electron chi connectivity index (χ4n) is 2.19. The topological polar surface area (TPSA) is 69.0 Å². The number of para-hydroxylation sites is 1. The summed E-state index contributed by atoms with van der Waals surface area (Å²) in [6.45, 7) is 4.09. The molecular formula is C17H18N4O. The van der Waals surface area contributed by atoms with Crippen molar-refractivity contribution in [1.82, 2.24) is 4.98 Å². The fourth-order valence-corrected chi connectivity index (χ4v) is 2.19. The molecule has 0 spiro atoms. The molecule has 0 bridgehead atoms. The highest BCUT2D eigenvalue weighted by Crippen LogP contribution is 2.19. The van der Waals surface area contributed by atoms with Crippen molar-refractivity contribution >= 4 is 17.4 Å². The van der Waals surface area contributed by atoms with Gasteiger partial charge in [0.25, 0.3) is 0 Å². The second-order valence-corrected chi connectivity index (χ2v) is 5.16. The third-order valence-electron chi connectivity index (χ3n) is 3.37. The molecule has 112 valence electrons. The Labute approximate surface area is 130 Å². The summed E-state index contributed by atoms with van der Waals surface area (Å²) in [5.41, 5.74) is 3.24. The van der Waals surface area contributed by atoms with Crippen molar-refractivity contribution in [1.29, 1.82) is 5.26 Å². The molecule has 0 aliphatic heterocycles. The van der Waals surface area contributed by atoms with E-state index in [-0.39, 0.29) is 12.5 Å². The molecule has 0 atom stereocenters. The highest BCUT2D eigenvalue weighted by atomic mass is 16.2. The molecule has 22 heavy (non-hydrogen) atoms. The number of aryl methyl sites for hydroxylation is 2. The maximum absolute atomic E-state index is 12.2. The number of likely N-dealkylation sites (N-methyl/N-ethyl adjacent to an activating group) is 1. The van der Waals surface area contributed by atoms with Crippen LogP contribution in [-0.2, 0) is 4.79 Å². The standard InChI is InChI=1S/C17H18N4O/c1-12-6-4-7-13(2)17(12)20-16(22)11-21(3)15-9-5-8-14(10-18)19-15/h4-9H,11H2,1-3H3,(H,20,22). The van der Waals surface area contributed by atoms with Crippen LogP contribution >= 0.6 is 0 Å². The molecule has 2 rings (SSSR count). The van der Waals surface area contributed by atoms with E-state index < -0.39 is 0 Å². The van der Waals surface area contributed by atoms with Crippen LogP contribution < -0.4 is 10.2 Å². The van der Waals surface area contributed by atoms with Crippen LogP contribution in [0.4, 0.5) is 11.5 Å². The first-order valence-corrected chi connectivity index (χ1v) is 6.95. The predicted molar refractivity (Wildman–Crippen MR) is 86.8 cm³/mol. The van der Waals surface area contributed by atoms with Crippen LogP contribution in [0.1, 0.15) is 16.8 Å². The second-order valence-electron chi connectivity index (χ2n) is 5.16. The summed E-state index contributed by atoms with van der Waals surface area (Å²) in [6, 6.07) is 13.0. The zero-order chi connectivity index (χ0) is 16.1. The van der Waals surface area contributed by atoms with Gasteiger partial charge in [0, 0.05) is 12.7 Å². The van der Waals surface area contributed by atoms with Crippen LogP contribution in [0.2, 0.25) is 0 Å². The second kappa shape index (κ2) is 6.72. The Balaban J connectivity index is 2.07. The van der Waals surface area contributed by atoms with Crippen molar-refractivity contribution in [2.24, 2.45) is 0 Å². The van der Waals surface area contributed by atoms with Crippen LogP contribution in [0, 0.1) is 25.2 Å². The quantitative estimate of drug-likeness (QED) is 0.941. The Morgan fingerprint density at radius 3 is 2.50 bits per heavy atom. The number of benzene rings is 1. The van der Waals surface area contributed by atoms with Gasteiger partial charge in [-0.25, -0.2) is 4.98 Å². The summed E-state index contributed by atoms with van der Waals surface area (Å²) in [5.74, 6) is 0.472. The van der Waals surface area contributed by atoms with E-state index in [2.05, 4.69) is 10.3 Å². The van der Waals surface area contributed by atoms with Crippen LogP contribution in [0.3, 0.4) is 0 Å². The minimum Gasteiger partial charge on any atom is -0.350 e. The van der Waals surface area contributed by atoms with Crippen LogP contribution in [0.5, 0.6) is 0 Å². The number of carbonyl (C=O) groups is 1. The number of nitrogens with one attached hydrogen (secondary N) is 1. The van der Waals surface area contributed by atoms with Crippen molar-refractivity contribution in [3.8, 4) is 6.07 Å². The van der Waals surface area contributed by atoms with E-state index in [0.29, 0.717) is 11.5 Å². The number of rotatable bonds is 4. The normalized spacial score (nSPS) is 9.91. The first-order chi connectivity index (χ1) is 10.5. The number of aromatic nitrogens is 1. The maximum atomic E-state index is 12.2. The number of nitriles is 1. The molecule has 1 amide bonds. The van der Waals surface area contributed by atoms with Crippen LogP contribution in [-0.4, -0.2) is 24.5 Å². The number of carbonyl (C=O) groups excluding carboxylic acids is 1. The van der Waals surface area contributed by atoms with Gasteiger partial charge in [0.1, 0.15) is 17.6 Å². The molecule has 0 aliphatic carbocycles. The number of amides is 1. The summed E-state index contributed by atoms with van der Waals surface area (Å²) < 4.78 is 0. The molecule has 0 saturated carbocycles. The Kier molecular flexibility index (Phi) is 4.74.